The number of ether oxygens (including phenoxy) is 1. The fourth-order valence-electron chi connectivity index (χ4n) is 2.68. The third-order valence-corrected chi connectivity index (χ3v) is 3.78. The first-order valence-corrected chi connectivity index (χ1v) is 7.22. The molecule has 1 heterocycles. The van der Waals surface area contributed by atoms with E-state index in [0.717, 1.165) is 24.4 Å². The van der Waals surface area contributed by atoms with E-state index in [2.05, 4.69) is 4.90 Å². The maximum atomic E-state index is 14.4. The van der Waals surface area contributed by atoms with E-state index in [1.807, 2.05) is 36.4 Å². The molecule has 0 spiro atoms. The van der Waals surface area contributed by atoms with Gasteiger partial charge in [-0.05, 0) is 18.6 Å². The molecule has 1 aliphatic rings. The molecule has 2 aromatic rings. The quantitative estimate of drug-likeness (QED) is 0.942. The van der Waals surface area contributed by atoms with Crippen molar-refractivity contribution in [3.05, 3.63) is 59.4 Å². The number of benzene rings is 2. The van der Waals surface area contributed by atoms with E-state index in [0.29, 0.717) is 24.3 Å². The van der Waals surface area contributed by atoms with E-state index < -0.39 is 0 Å². The number of hydrogen-bond donors (Lipinski definition) is 1. The molecule has 1 aliphatic heterocycles. The molecule has 0 aromatic heterocycles. The lowest BCUT2D eigenvalue weighted by atomic mass is 10.1. The Morgan fingerprint density at radius 3 is 2.76 bits per heavy atom. The summed E-state index contributed by atoms with van der Waals surface area (Å²) in [6.45, 7) is 2.29. The summed E-state index contributed by atoms with van der Waals surface area (Å²) in [5.74, 6) is 0.674. The van der Waals surface area contributed by atoms with Gasteiger partial charge >= 0.3 is 0 Å². The molecule has 0 fully saturated rings. The summed E-state index contributed by atoms with van der Waals surface area (Å²) in [5, 5.41) is 0. The van der Waals surface area contributed by atoms with Crippen molar-refractivity contribution in [3.63, 3.8) is 0 Å². The lowest BCUT2D eigenvalue weighted by Crippen LogP contribution is -2.24. The third kappa shape index (κ3) is 2.85. The molecule has 0 amide bonds. The second-order valence-electron chi connectivity index (χ2n) is 5.19. The van der Waals surface area contributed by atoms with Crippen LogP contribution in [0.25, 0.3) is 0 Å². The summed E-state index contributed by atoms with van der Waals surface area (Å²) < 4.78 is 20.1. The summed E-state index contributed by atoms with van der Waals surface area (Å²) >= 11 is 0. The number of fused-ring (bicyclic) bond motifs is 1. The molecule has 3 nitrogen and oxygen atoms in total. The van der Waals surface area contributed by atoms with E-state index in [9.17, 15) is 4.39 Å². The minimum absolute atomic E-state index is 0.192. The molecule has 0 radical (unpaired) electrons. The van der Waals surface area contributed by atoms with Gasteiger partial charge in [0.2, 0.25) is 0 Å². The van der Waals surface area contributed by atoms with Crippen molar-refractivity contribution >= 4 is 5.69 Å². The van der Waals surface area contributed by atoms with Crippen molar-refractivity contribution in [2.45, 2.75) is 19.5 Å². The fraction of sp³-hybridized carbons (Fsp3) is 0.294. The average Bonchev–Trinajstić information content (AvgIpc) is 2.72. The maximum absolute atomic E-state index is 14.4. The van der Waals surface area contributed by atoms with E-state index in [1.165, 1.54) is 0 Å². The minimum atomic E-state index is -0.192. The summed E-state index contributed by atoms with van der Waals surface area (Å²) in [6.07, 6.45) is 0.923. The SMILES string of the molecule is NCc1cccc(CN2CCCOc3ccccc32)c1F. The van der Waals surface area contributed by atoms with Gasteiger partial charge in [-0.15, -0.1) is 0 Å². The van der Waals surface area contributed by atoms with E-state index in [1.54, 1.807) is 6.07 Å². The number of nitrogens with zero attached hydrogens (tertiary/aromatic N) is 1. The van der Waals surface area contributed by atoms with E-state index in [4.69, 9.17) is 10.5 Å². The van der Waals surface area contributed by atoms with Crippen molar-refractivity contribution in [1.29, 1.82) is 0 Å². The standard InChI is InChI=1S/C17H19FN2O/c18-17-13(11-19)5-3-6-14(17)12-20-9-4-10-21-16-8-2-1-7-15(16)20/h1-3,5-8H,4,9-12,19H2. The molecular formula is C17H19FN2O. The van der Waals surface area contributed by atoms with Crippen LogP contribution in [0.5, 0.6) is 5.75 Å². The van der Waals surface area contributed by atoms with Gasteiger partial charge in [-0.25, -0.2) is 4.39 Å². The van der Waals surface area contributed by atoms with Crippen LogP contribution in [0.4, 0.5) is 10.1 Å². The maximum Gasteiger partial charge on any atom is 0.142 e. The highest BCUT2D eigenvalue weighted by Crippen LogP contribution is 2.32. The van der Waals surface area contributed by atoms with Gasteiger partial charge in [-0.1, -0.05) is 30.3 Å². The molecule has 4 heteroatoms. The molecule has 2 N–H and O–H groups in total. The molecule has 0 unspecified atom stereocenters. The monoisotopic (exact) mass is 286 g/mol. The molecule has 2 aromatic carbocycles. The summed E-state index contributed by atoms with van der Waals surface area (Å²) in [4.78, 5) is 2.17. The minimum Gasteiger partial charge on any atom is -0.491 e. The Morgan fingerprint density at radius 2 is 1.90 bits per heavy atom. The second kappa shape index (κ2) is 6.14. The summed E-state index contributed by atoms with van der Waals surface area (Å²) in [6, 6.07) is 13.3. The smallest absolute Gasteiger partial charge is 0.142 e. The molecule has 0 saturated heterocycles. The molecular weight excluding hydrogens is 267 g/mol. The van der Waals surface area contributed by atoms with Gasteiger partial charge in [0.15, 0.2) is 0 Å². The van der Waals surface area contributed by atoms with Crippen molar-refractivity contribution < 1.29 is 9.13 Å². The van der Waals surface area contributed by atoms with Gasteiger partial charge in [0.05, 0.1) is 12.3 Å². The molecule has 0 aliphatic carbocycles. The Morgan fingerprint density at radius 1 is 1.10 bits per heavy atom. The average molecular weight is 286 g/mol. The zero-order chi connectivity index (χ0) is 14.7. The largest absolute Gasteiger partial charge is 0.491 e. The lowest BCUT2D eigenvalue weighted by Gasteiger charge is -2.24. The van der Waals surface area contributed by atoms with Gasteiger partial charge in [0.1, 0.15) is 11.6 Å². The highest BCUT2D eigenvalue weighted by atomic mass is 19.1. The topological polar surface area (TPSA) is 38.5 Å². The predicted octanol–water partition coefficient (Wildman–Crippen LogP) is 3.07. The van der Waals surface area contributed by atoms with Crippen LogP contribution in [-0.2, 0) is 13.1 Å². The van der Waals surface area contributed by atoms with Crippen LogP contribution in [0.15, 0.2) is 42.5 Å². The van der Waals surface area contributed by atoms with Crippen LogP contribution in [0.3, 0.4) is 0 Å². The first-order chi connectivity index (χ1) is 10.3. The Hall–Kier alpha value is -2.07. The van der Waals surface area contributed by atoms with Gasteiger partial charge < -0.3 is 15.4 Å². The predicted molar refractivity (Wildman–Crippen MR) is 81.9 cm³/mol. The first-order valence-electron chi connectivity index (χ1n) is 7.22. The van der Waals surface area contributed by atoms with Gasteiger partial charge in [-0.3, -0.25) is 0 Å². The molecule has 3 rings (SSSR count). The normalized spacial score (nSPS) is 14.3. The number of para-hydroxylation sites is 2. The highest BCUT2D eigenvalue weighted by Gasteiger charge is 2.18. The van der Waals surface area contributed by atoms with Crippen LogP contribution < -0.4 is 15.4 Å². The van der Waals surface area contributed by atoms with Crippen LogP contribution in [0.1, 0.15) is 17.5 Å². The molecule has 0 atom stereocenters. The molecule has 0 bridgehead atoms. The van der Waals surface area contributed by atoms with Crippen LogP contribution in [-0.4, -0.2) is 13.2 Å². The second-order valence-corrected chi connectivity index (χ2v) is 5.19. The Balaban J connectivity index is 1.91. The van der Waals surface area contributed by atoms with Crippen molar-refractivity contribution in [2.24, 2.45) is 5.73 Å². The number of halogens is 1. The molecule has 21 heavy (non-hydrogen) atoms. The van der Waals surface area contributed by atoms with Gasteiger partial charge in [0.25, 0.3) is 0 Å². The Kier molecular flexibility index (Phi) is 4.06. The fourth-order valence-corrected chi connectivity index (χ4v) is 2.68. The zero-order valence-electron chi connectivity index (χ0n) is 11.9. The highest BCUT2D eigenvalue weighted by molar-refractivity contribution is 5.59. The number of hydrogen-bond acceptors (Lipinski definition) is 3. The summed E-state index contributed by atoms with van der Waals surface area (Å²) in [7, 11) is 0. The van der Waals surface area contributed by atoms with Crippen LogP contribution in [0.2, 0.25) is 0 Å². The van der Waals surface area contributed by atoms with Gasteiger partial charge in [0, 0.05) is 30.8 Å². The number of rotatable bonds is 3. The third-order valence-electron chi connectivity index (χ3n) is 3.78. The van der Waals surface area contributed by atoms with Crippen molar-refractivity contribution in [2.75, 3.05) is 18.1 Å². The molecule has 0 saturated carbocycles. The Bertz CT molecular complexity index is 630. The Labute approximate surface area is 124 Å². The molecule has 110 valence electrons. The van der Waals surface area contributed by atoms with E-state index in [-0.39, 0.29) is 12.4 Å². The summed E-state index contributed by atoms with van der Waals surface area (Å²) in [5.41, 5.74) is 7.84. The van der Waals surface area contributed by atoms with E-state index >= 15 is 0 Å². The van der Waals surface area contributed by atoms with Crippen LogP contribution >= 0.6 is 0 Å². The number of nitrogens with two attached hydrogens (primary N) is 1. The van der Waals surface area contributed by atoms with Crippen molar-refractivity contribution in [3.8, 4) is 5.75 Å². The van der Waals surface area contributed by atoms with Gasteiger partial charge in [-0.2, -0.15) is 0 Å². The van der Waals surface area contributed by atoms with Crippen molar-refractivity contribution in [1.82, 2.24) is 0 Å². The van der Waals surface area contributed by atoms with Crippen LogP contribution in [0, 0.1) is 5.82 Å². The zero-order valence-corrected chi connectivity index (χ0v) is 11.9. The lowest BCUT2D eigenvalue weighted by molar-refractivity contribution is 0.322. The first kappa shape index (κ1) is 13.9. The number of anilines is 1.